The summed E-state index contributed by atoms with van der Waals surface area (Å²) in [7, 11) is 0. The first-order chi connectivity index (χ1) is 5.84. The Balaban J connectivity index is 2.77. The molecule has 1 aromatic rings. The van der Waals surface area contributed by atoms with Crippen molar-refractivity contribution in [2.24, 2.45) is 4.99 Å². The number of rotatable bonds is 3. The zero-order valence-electron chi connectivity index (χ0n) is 7.20. The van der Waals surface area contributed by atoms with Crippen LogP contribution in [0.5, 0.6) is 0 Å². The van der Waals surface area contributed by atoms with E-state index in [9.17, 15) is 0 Å². The van der Waals surface area contributed by atoms with E-state index in [1.54, 1.807) is 12.3 Å². The van der Waals surface area contributed by atoms with Gasteiger partial charge in [0.05, 0.1) is 18.0 Å². The minimum Gasteiger partial charge on any atom is -0.284 e. The highest BCUT2D eigenvalue weighted by Gasteiger charge is 1.94. The second kappa shape index (κ2) is 4.44. The van der Waals surface area contributed by atoms with Gasteiger partial charge in [-0.1, -0.05) is 12.1 Å². The molecule has 1 aromatic heterocycles. The fraction of sp³-hybridized carbons (Fsp3) is 0.200. The van der Waals surface area contributed by atoms with Crippen LogP contribution in [0.15, 0.2) is 42.0 Å². The Morgan fingerprint density at radius 2 is 2.50 bits per heavy atom. The van der Waals surface area contributed by atoms with Crippen LogP contribution in [0.2, 0.25) is 0 Å². The van der Waals surface area contributed by atoms with Gasteiger partial charge in [0, 0.05) is 6.20 Å². The van der Waals surface area contributed by atoms with E-state index in [-0.39, 0.29) is 0 Å². The third-order valence-electron chi connectivity index (χ3n) is 1.49. The summed E-state index contributed by atoms with van der Waals surface area (Å²) in [4.78, 5) is 8.42. The molecule has 1 rings (SSSR count). The van der Waals surface area contributed by atoms with E-state index in [1.807, 2.05) is 25.1 Å². The normalized spacial score (nSPS) is 11.2. The Kier molecular flexibility index (Phi) is 3.20. The number of aliphatic imine (C=N–C) groups is 1. The summed E-state index contributed by atoms with van der Waals surface area (Å²) in [6, 6.07) is 5.79. The molecule has 1 heterocycles. The molecule has 0 aliphatic heterocycles. The SMILES string of the molecule is C=CCN=C(C)c1ccccn1. The topological polar surface area (TPSA) is 25.2 Å². The van der Waals surface area contributed by atoms with Crippen molar-refractivity contribution >= 4 is 5.71 Å². The molecule has 0 aliphatic rings. The zero-order valence-corrected chi connectivity index (χ0v) is 7.20. The summed E-state index contributed by atoms with van der Waals surface area (Å²) in [5, 5.41) is 0. The van der Waals surface area contributed by atoms with Gasteiger partial charge in [-0.3, -0.25) is 9.98 Å². The van der Waals surface area contributed by atoms with Gasteiger partial charge in [0.25, 0.3) is 0 Å². The Morgan fingerprint density at radius 1 is 1.67 bits per heavy atom. The second-order valence-electron chi connectivity index (χ2n) is 2.43. The summed E-state index contributed by atoms with van der Waals surface area (Å²) in [6.45, 7) is 6.20. The fourth-order valence-corrected chi connectivity index (χ4v) is 0.859. The van der Waals surface area contributed by atoms with E-state index in [1.165, 1.54) is 0 Å². The van der Waals surface area contributed by atoms with E-state index >= 15 is 0 Å². The van der Waals surface area contributed by atoms with Crippen molar-refractivity contribution < 1.29 is 0 Å². The van der Waals surface area contributed by atoms with Crippen LogP contribution in [-0.4, -0.2) is 17.2 Å². The van der Waals surface area contributed by atoms with E-state index in [2.05, 4.69) is 16.6 Å². The molecule has 0 saturated carbocycles. The Bertz CT molecular complexity index is 275. The Labute approximate surface area is 72.7 Å². The quantitative estimate of drug-likeness (QED) is 0.491. The Hall–Kier alpha value is -1.44. The first-order valence-corrected chi connectivity index (χ1v) is 3.88. The van der Waals surface area contributed by atoms with E-state index in [4.69, 9.17) is 0 Å². The van der Waals surface area contributed by atoms with Crippen LogP contribution in [0.25, 0.3) is 0 Å². The minimum absolute atomic E-state index is 0.655. The molecule has 0 aliphatic carbocycles. The molecule has 0 saturated heterocycles. The molecule has 0 aromatic carbocycles. The van der Waals surface area contributed by atoms with Crippen molar-refractivity contribution in [3.8, 4) is 0 Å². The van der Waals surface area contributed by atoms with Crippen LogP contribution in [0, 0.1) is 0 Å². The second-order valence-corrected chi connectivity index (χ2v) is 2.43. The summed E-state index contributed by atoms with van der Waals surface area (Å²) >= 11 is 0. The largest absolute Gasteiger partial charge is 0.284 e. The van der Waals surface area contributed by atoms with Crippen molar-refractivity contribution in [3.63, 3.8) is 0 Å². The molecule has 2 nitrogen and oxygen atoms in total. The molecule has 0 amide bonds. The van der Waals surface area contributed by atoms with Crippen molar-refractivity contribution in [2.45, 2.75) is 6.92 Å². The first-order valence-electron chi connectivity index (χ1n) is 3.88. The van der Waals surface area contributed by atoms with Crippen LogP contribution >= 0.6 is 0 Å². The molecule has 0 fully saturated rings. The molecule has 0 N–H and O–H groups in total. The smallest absolute Gasteiger partial charge is 0.0837 e. The van der Waals surface area contributed by atoms with Gasteiger partial charge in [-0.25, -0.2) is 0 Å². The van der Waals surface area contributed by atoms with Crippen molar-refractivity contribution in [1.29, 1.82) is 0 Å². The van der Waals surface area contributed by atoms with Gasteiger partial charge < -0.3 is 0 Å². The average Bonchev–Trinajstić information content (AvgIpc) is 2.15. The maximum Gasteiger partial charge on any atom is 0.0837 e. The Morgan fingerprint density at radius 3 is 3.08 bits per heavy atom. The summed E-state index contributed by atoms with van der Waals surface area (Å²) in [5.74, 6) is 0. The van der Waals surface area contributed by atoms with Gasteiger partial charge in [-0.2, -0.15) is 0 Å². The van der Waals surface area contributed by atoms with Gasteiger partial charge in [0.1, 0.15) is 0 Å². The maximum atomic E-state index is 4.25. The highest BCUT2D eigenvalue weighted by Crippen LogP contribution is 1.95. The highest BCUT2D eigenvalue weighted by atomic mass is 14.8. The third kappa shape index (κ3) is 2.31. The van der Waals surface area contributed by atoms with Crippen molar-refractivity contribution in [1.82, 2.24) is 4.98 Å². The monoisotopic (exact) mass is 160 g/mol. The van der Waals surface area contributed by atoms with Crippen LogP contribution in [0.3, 0.4) is 0 Å². The van der Waals surface area contributed by atoms with Crippen LogP contribution < -0.4 is 0 Å². The molecule has 12 heavy (non-hydrogen) atoms. The molecular weight excluding hydrogens is 148 g/mol. The number of hydrogen-bond acceptors (Lipinski definition) is 2. The number of nitrogens with zero attached hydrogens (tertiary/aromatic N) is 2. The molecule has 0 bridgehead atoms. The lowest BCUT2D eigenvalue weighted by atomic mass is 10.2. The van der Waals surface area contributed by atoms with Gasteiger partial charge >= 0.3 is 0 Å². The molecule has 0 unspecified atom stereocenters. The molecule has 62 valence electrons. The van der Waals surface area contributed by atoms with Crippen LogP contribution in [-0.2, 0) is 0 Å². The van der Waals surface area contributed by atoms with Gasteiger partial charge in [0.2, 0.25) is 0 Å². The van der Waals surface area contributed by atoms with Gasteiger partial charge in [-0.15, -0.1) is 6.58 Å². The molecule has 2 heteroatoms. The molecule has 0 spiro atoms. The molecule has 0 radical (unpaired) electrons. The summed E-state index contributed by atoms with van der Waals surface area (Å²) in [5.41, 5.74) is 1.88. The van der Waals surface area contributed by atoms with E-state index in [0.29, 0.717) is 6.54 Å². The third-order valence-corrected chi connectivity index (χ3v) is 1.49. The summed E-state index contributed by atoms with van der Waals surface area (Å²) < 4.78 is 0. The lowest BCUT2D eigenvalue weighted by Gasteiger charge is -1.96. The number of hydrogen-bond donors (Lipinski definition) is 0. The van der Waals surface area contributed by atoms with E-state index < -0.39 is 0 Å². The molecule has 0 atom stereocenters. The fourth-order valence-electron chi connectivity index (χ4n) is 0.859. The number of aromatic nitrogens is 1. The highest BCUT2D eigenvalue weighted by molar-refractivity contribution is 5.96. The molecular formula is C10H12N2. The lowest BCUT2D eigenvalue weighted by molar-refractivity contribution is 1.21. The summed E-state index contributed by atoms with van der Waals surface area (Å²) in [6.07, 6.45) is 3.54. The zero-order chi connectivity index (χ0) is 8.81. The van der Waals surface area contributed by atoms with Crippen LogP contribution in [0.4, 0.5) is 0 Å². The minimum atomic E-state index is 0.655. The van der Waals surface area contributed by atoms with Crippen molar-refractivity contribution in [2.75, 3.05) is 6.54 Å². The average molecular weight is 160 g/mol. The maximum absolute atomic E-state index is 4.25. The standard InChI is InChI=1S/C10H12N2/c1-3-7-11-9(2)10-6-4-5-8-12-10/h3-6,8H,1,7H2,2H3. The predicted octanol–water partition coefficient (Wildman–Crippen LogP) is 2.08. The van der Waals surface area contributed by atoms with Gasteiger partial charge in [-0.05, 0) is 19.1 Å². The van der Waals surface area contributed by atoms with Crippen molar-refractivity contribution in [3.05, 3.63) is 42.7 Å². The number of pyridine rings is 1. The lowest BCUT2D eigenvalue weighted by Crippen LogP contribution is -1.97. The van der Waals surface area contributed by atoms with Gasteiger partial charge in [0.15, 0.2) is 0 Å². The predicted molar refractivity (Wildman–Crippen MR) is 51.5 cm³/mol. The van der Waals surface area contributed by atoms with E-state index in [0.717, 1.165) is 11.4 Å². The van der Waals surface area contributed by atoms with Crippen LogP contribution in [0.1, 0.15) is 12.6 Å². The first kappa shape index (κ1) is 8.65.